The molecule has 0 spiro atoms. The minimum atomic E-state index is -0.160. The van der Waals surface area contributed by atoms with Gasteiger partial charge >= 0.3 is 0 Å². The quantitative estimate of drug-likeness (QED) is 0.366. The molecule has 122 valence electrons. The molecule has 1 aromatic rings. The van der Waals surface area contributed by atoms with Gasteiger partial charge in [-0.2, -0.15) is 11.8 Å². The smallest absolute Gasteiger partial charge is 0.246 e. The summed E-state index contributed by atoms with van der Waals surface area (Å²) in [4.78, 5) is 20.1. The average molecular weight is 323 g/mol. The highest BCUT2D eigenvalue weighted by atomic mass is 32.2. The van der Waals surface area contributed by atoms with Crippen LogP contribution in [0.15, 0.2) is 29.5 Å². The number of guanidine groups is 1. The average Bonchev–Trinajstić information content (AvgIpc) is 2.53. The molecule has 7 heteroatoms. The van der Waals surface area contributed by atoms with E-state index in [1.54, 1.807) is 24.5 Å². The van der Waals surface area contributed by atoms with E-state index in [4.69, 9.17) is 0 Å². The predicted molar refractivity (Wildman–Crippen MR) is 94.5 cm³/mol. The first kappa shape index (κ1) is 18.3. The Hall–Kier alpha value is -1.76. The summed E-state index contributed by atoms with van der Waals surface area (Å²) in [7, 11) is 0. The van der Waals surface area contributed by atoms with Gasteiger partial charge in [-0.25, -0.2) is 4.99 Å². The van der Waals surface area contributed by atoms with Crippen molar-refractivity contribution in [2.45, 2.75) is 19.8 Å². The molecule has 0 radical (unpaired) electrons. The standard InChI is InChI=1S/C15H25N5OS/c1-3-17-15(18-9-4-5-10-22-2)19-12-14(21)20-13-7-6-8-16-11-13/h6-8,11H,3-5,9-10,12H2,1-2H3,(H,20,21)(H2,17,18,19). The Morgan fingerprint density at radius 1 is 1.36 bits per heavy atom. The highest BCUT2D eigenvalue weighted by Gasteiger charge is 2.02. The van der Waals surface area contributed by atoms with Gasteiger partial charge in [0.05, 0.1) is 11.9 Å². The number of aromatic nitrogens is 1. The van der Waals surface area contributed by atoms with Gasteiger partial charge < -0.3 is 16.0 Å². The Morgan fingerprint density at radius 3 is 2.91 bits per heavy atom. The maximum atomic E-state index is 11.8. The van der Waals surface area contributed by atoms with Gasteiger partial charge in [-0.3, -0.25) is 9.78 Å². The molecule has 1 aromatic heterocycles. The third-order valence-electron chi connectivity index (χ3n) is 2.74. The molecule has 0 fully saturated rings. The largest absolute Gasteiger partial charge is 0.357 e. The van der Waals surface area contributed by atoms with Gasteiger partial charge in [-0.15, -0.1) is 0 Å². The normalized spacial score (nSPS) is 11.1. The molecule has 0 unspecified atom stereocenters. The molecule has 0 aliphatic rings. The molecule has 0 aliphatic heterocycles. The lowest BCUT2D eigenvalue weighted by atomic mass is 10.3. The zero-order valence-corrected chi connectivity index (χ0v) is 14.1. The maximum Gasteiger partial charge on any atom is 0.246 e. The van der Waals surface area contributed by atoms with E-state index in [0.717, 1.165) is 19.5 Å². The van der Waals surface area contributed by atoms with Gasteiger partial charge in [-0.1, -0.05) is 0 Å². The molecule has 0 bridgehead atoms. The number of unbranched alkanes of at least 4 members (excludes halogenated alkanes) is 1. The lowest BCUT2D eigenvalue weighted by Gasteiger charge is -2.11. The van der Waals surface area contributed by atoms with Gasteiger partial charge in [0, 0.05) is 19.3 Å². The van der Waals surface area contributed by atoms with E-state index in [2.05, 4.69) is 32.2 Å². The number of carbonyl (C=O) groups is 1. The molecule has 0 aromatic carbocycles. The van der Waals surface area contributed by atoms with Crippen LogP contribution in [0, 0.1) is 0 Å². The summed E-state index contributed by atoms with van der Waals surface area (Å²) in [6, 6.07) is 3.57. The first-order chi connectivity index (χ1) is 10.8. The number of amides is 1. The second-order valence-electron chi connectivity index (χ2n) is 4.61. The van der Waals surface area contributed by atoms with E-state index >= 15 is 0 Å². The number of thioether (sulfide) groups is 1. The van der Waals surface area contributed by atoms with Crippen LogP contribution in [0.3, 0.4) is 0 Å². The van der Waals surface area contributed by atoms with Crippen molar-refractivity contribution in [1.29, 1.82) is 0 Å². The van der Waals surface area contributed by atoms with Gasteiger partial charge in [0.2, 0.25) is 5.91 Å². The van der Waals surface area contributed by atoms with Crippen LogP contribution in [-0.2, 0) is 4.79 Å². The fourth-order valence-corrected chi connectivity index (χ4v) is 2.20. The zero-order valence-electron chi connectivity index (χ0n) is 13.3. The summed E-state index contributed by atoms with van der Waals surface area (Å²) < 4.78 is 0. The van der Waals surface area contributed by atoms with Crippen LogP contribution in [-0.4, -0.2) is 48.5 Å². The number of pyridine rings is 1. The van der Waals surface area contributed by atoms with Crippen molar-refractivity contribution in [1.82, 2.24) is 15.6 Å². The topological polar surface area (TPSA) is 78.4 Å². The second-order valence-corrected chi connectivity index (χ2v) is 5.60. The fraction of sp³-hybridized carbons (Fsp3) is 0.533. The Balaban J connectivity index is 2.35. The molecular weight excluding hydrogens is 298 g/mol. The summed E-state index contributed by atoms with van der Waals surface area (Å²) in [5.74, 6) is 1.68. The third kappa shape index (κ3) is 8.51. The molecule has 0 atom stereocenters. The Morgan fingerprint density at radius 2 is 2.23 bits per heavy atom. The summed E-state index contributed by atoms with van der Waals surface area (Å²) in [5.41, 5.74) is 0.678. The number of rotatable bonds is 9. The highest BCUT2D eigenvalue weighted by molar-refractivity contribution is 7.98. The molecule has 1 amide bonds. The first-order valence-electron chi connectivity index (χ1n) is 7.47. The van der Waals surface area contributed by atoms with Crippen LogP contribution in [0.2, 0.25) is 0 Å². The van der Waals surface area contributed by atoms with Gasteiger partial charge in [-0.05, 0) is 43.9 Å². The molecule has 0 saturated carbocycles. The summed E-state index contributed by atoms with van der Waals surface area (Å²) in [6.07, 6.45) is 7.65. The van der Waals surface area contributed by atoms with E-state index in [1.807, 2.05) is 18.7 Å². The lowest BCUT2D eigenvalue weighted by molar-refractivity contribution is -0.114. The van der Waals surface area contributed by atoms with Crippen molar-refractivity contribution in [3.05, 3.63) is 24.5 Å². The van der Waals surface area contributed by atoms with E-state index in [9.17, 15) is 4.79 Å². The van der Waals surface area contributed by atoms with Gasteiger partial charge in [0.25, 0.3) is 0 Å². The van der Waals surface area contributed by atoms with E-state index in [0.29, 0.717) is 11.6 Å². The minimum absolute atomic E-state index is 0.0784. The van der Waals surface area contributed by atoms with Crippen molar-refractivity contribution in [2.75, 3.05) is 37.0 Å². The molecule has 1 heterocycles. The fourth-order valence-electron chi connectivity index (χ4n) is 1.71. The summed E-state index contributed by atoms with van der Waals surface area (Å²) in [5, 5.41) is 9.13. The molecule has 6 nitrogen and oxygen atoms in total. The van der Waals surface area contributed by atoms with E-state index < -0.39 is 0 Å². The number of hydrogen-bond acceptors (Lipinski definition) is 4. The minimum Gasteiger partial charge on any atom is -0.357 e. The van der Waals surface area contributed by atoms with Crippen molar-refractivity contribution in [3.8, 4) is 0 Å². The van der Waals surface area contributed by atoms with Crippen LogP contribution < -0.4 is 16.0 Å². The van der Waals surface area contributed by atoms with Crippen LogP contribution in [0.5, 0.6) is 0 Å². The lowest BCUT2D eigenvalue weighted by Crippen LogP contribution is -2.38. The first-order valence-corrected chi connectivity index (χ1v) is 8.86. The van der Waals surface area contributed by atoms with E-state index in [1.165, 1.54) is 12.2 Å². The number of aliphatic imine (C=N–C) groups is 1. The van der Waals surface area contributed by atoms with Gasteiger partial charge in [0.15, 0.2) is 5.96 Å². The van der Waals surface area contributed by atoms with Crippen molar-refractivity contribution in [3.63, 3.8) is 0 Å². The summed E-state index contributed by atoms with van der Waals surface area (Å²) in [6.45, 7) is 3.70. The molecule has 3 N–H and O–H groups in total. The molecule has 1 rings (SSSR count). The number of carbonyl (C=O) groups excluding carboxylic acids is 1. The van der Waals surface area contributed by atoms with Crippen LogP contribution in [0.1, 0.15) is 19.8 Å². The SMILES string of the molecule is CCNC(=NCC(=O)Nc1cccnc1)NCCCCSC. The van der Waals surface area contributed by atoms with Crippen molar-refractivity contribution >= 4 is 29.3 Å². The monoisotopic (exact) mass is 323 g/mol. The third-order valence-corrected chi connectivity index (χ3v) is 3.43. The number of anilines is 1. The number of nitrogens with one attached hydrogen (secondary N) is 3. The van der Waals surface area contributed by atoms with E-state index in [-0.39, 0.29) is 12.5 Å². The Labute approximate surface area is 136 Å². The van der Waals surface area contributed by atoms with Crippen molar-refractivity contribution in [2.24, 2.45) is 4.99 Å². The second kappa shape index (κ2) is 11.9. The highest BCUT2D eigenvalue weighted by Crippen LogP contribution is 2.02. The number of hydrogen-bond donors (Lipinski definition) is 3. The van der Waals surface area contributed by atoms with Crippen LogP contribution in [0.25, 0.3) is 0 Å². The molecular formula is C15H25N5OS. The number of nitrogens with zero attached hydrogens (tertiary/aromatic N) is 2. The predicted octanol–water partition coefficient (Wildman–Crippen LogP) is 1.72. The van der Waals surface area contributed by atoms with Gasteiger partial charge in [0.1, 0.15) is 6.54 Å². The Kier molecular flexibility index (Phi) is 9.85. The summed E-state index contributed by atoms with van der Waals surface area (Å²) >= 11 is 1.85. The maximum absolute atomic E-state index is 11.8. The van der Waals surface area contributed by atoms with Crippen molar-refractivity contribution < 1.29 is 4.79 Å². The molecule has 0 aliphatic carbocycles. The zero-order chi connectivity index (χ0) is 16.0. The van der Waals surface area contributed by atoms with Crippen LogP contribution >= 0.6 is 11.8 Å². The Bertz CT molecular complexity index is 453. The van der Waals surface area contributed by atoms with Crippen LogP contribution in [0.4, 0.5) is 5.69 Å². The molecule has 22 heavy (non-hydrogen) atoms. The molecule has 0 saturated heterocycles.